The van der Waals surface area contributed by atoms with Gasteiger partial charge in [-0.1, -0.05) is 148 Å². The Labute approximate surface area is 224 Å². The molecule has 0 radical (unpaired) electrons. The molecule has 1 aliphatic carbocycles. The van der Waals surface area contributed by atoms with Crippen LogP contribution in [0.1, 0.15) is 93.9 Å². The summed E-state index contributed by atoms with van der Waals surface area (Å²) >= 11 is 0. The number of carbonyl (C=O) groups is 1. The second-order valence-electron chi connectivity index (χ2n) is 10.6. The Morgan fingerprint density at radius 3 is 1.95 bits per heavy atom. The third-order valence-corrected chi connectivity index (χ3v) is 7.75. The summed E-state index contributed by atoms with van der Waals surface area (Å²) in [6.07, 6.45) is 13.7. The van der Waals surface area contributed by atoms with E-state index in [9.17, 15) is 4.79 Å². The molecule has 0 bridgehead atoms. The van der Waals surface area contributed by atoms with Gasteiger partial charge in [-0.25, -0.2) is 0 Å². The van der Waals surface area contributed by atoms with Crippen molar-refractivity contribution in [3.8, 4) is 0 Å². The lowest BCUT2D eigenvalue weighted by Gasteiger charge is -2.34. The molecular formula is C35H43NO. The molecule has 37 heavy (non-hydrogen) atoms. The molecule has 0 aromatic heterocycles. The molecule has 3 aromatic rings. The SMILES string of the molecule is CCCCCC(=Cc1ccccc1)CN(C(=O)CCC1CCCC1)C(c1ccccc1)c1ccccc1. The van der Waals surface area contributed by atoms with Gasteiger partial charge in [0.2, 0.25) is 5.91 Å². The Hall–Kier alpha value is -3.13. The van der Waals surface area contributed by atoms with Crippen LogP contribution in [-0.2, 0) is 4.79 Å². The molecule has 1 saturated carbocycles. The van der Waals surface area contributed by atoms with Gasteiger partial charge in [-0.05, 0) is 41.9 Å². The molecule has 2 heteroatoms. The van der Waals surface area contributed by atoms with E-state index >= 15 is 0 Å². The van der Waals surface area contributed by atoms with Crippen LogP contribution in [0, 0.1) is 5.92 Å². The van der Waals surface area contributed by atoms with E-state index < -0.39 is 0 Å². The summed E-state index contributed by atoms with van der Waals surface area (Å²) in [5.74, 6) is 0.987. The van der Waals surface area contributed by atoms with Crippen LogP contribution in [0.5, 0.6) is 0 Å². The zero-order valence-electron chi connectivity index (χ0n) is 22.5. The van der Waals surface area contributed by atoms with Crippen molar-refractivity contribution in [2.45, 2.75) is 77.2 Å². The molecule has 1 fully saturated rings. The Kier molecular flexibility index (Phi) is 10.6. The van der Waals surface area contributed by atoms with Gasteiger partial charge in [-0.15, -0.1) is 0 Å². The quantitative estimate of drug-likeness (QED) is 0.217. The van der Waals surface area contributed by atoms with Crippen molar-refractivity contribution in [2.75, 3.05) is 6.54 Å². The molecule has 1 amide bonds. The van der Waals surface area contributed by atoms with Crippen LogP contribution in [0.3, 0.4) is 0 Å². The van der Waals surface area contributed by atoms with Gasteiger partial charge in [0, 0.05) is 13.0 Å². The highest BCUT2D eigenvalue weighted by atomic mass is 16.2. The van der Waals surface area contributed by atoms with Gasteiger partial charge in [-0.2, -0.15) is 0 Å². The van der Waals surface area contributed by atoms with Crippen LogP contribution in [-0.4, -0.2) is 17.4 Å². The number of hydrogen-bond acceptors (Lipinski definition) is 1. The first-order valence-corrected chi connectivity index (χ1v) is 14.4. The largest absolute Gasteiger partial charge is 0.328 e. The molecular weight excluding hydrogens is 450 g/mol. The van der Waals surface area contributed by atoms with Crippen molar-refractivity contribution >= 4 is 12.0 Å². The molecule has 2 nitrogen and oxygen atoms in total. The van der Waals surface area contributed by atoms with Gasteiger partial charge < -0.3 is 4.90 Å². The van der Waals surface area contributed by atoms with Gasteiger partial charge in [0.15, 0.2) is 0 Å². The van der Waals surface area contributed by atoms with E-state index in [1.165, 1.54) is 60.8 Å². The molecule has 0 unspecified atom stereocenters. The summed E-state index contributed by atoms with van der Waals surface area (Å²) in [5.41, 5.74) is 4.90. The Balaban J connectivity index is 1.69. The Morgan fingerprint density at radius 2 is 1.38 bits per heavy atom. The number of amides is 1. The zero-order valence-corrected chi connectivity index (χ0v) is 22.5. The highest BCUT2D eigenvalue weighted by Gasteiger charge is 2.28. The number of benzene rings is 3. The van der Waals surface area contributed by atoms with Crippen LogP contribution >= 0.6 is 0 Å². The lowest BCUT2D eigenvalue weighted by Crippen LogP contribution is -2.37. The third kappa shape index (κ3) is 8.18. The lowest BCUT2D eigenvalue weighted by atomic mass is 9.94. The van der Waals surface area contributed by atoms with Gasteiger partial charge in [-0.3, -0.25) is 4.79 Å². The van der Waals surface area contributed by atoms with Crippen LogP contribution in [0.15, 0.2) is 96.6 Å². The number of rotatable bonds is 13. The summed E-state index contributed by atoms with van der Waals surface area (Å²) < 4.78 is 0. The van der Waals surface area contributed by atoms with Gasteiger partial charge in [0.1, 0.15) is 0 Å². The van der Waals surface area contributed by atoms with E-state index in [2.05, 4.69) is 109 Å². The van der Waals surface area contributed by atoms with Crippen LogP contribution in [0.2, 0.25) is 0 Å². The van der Waals surface area contributed by atoms with E-state index in [1.54, 1.807) is 0 Å². The normalized spacial score (nSPS) is 14.3. The Bertz CT molecular complexity index is 1040. The zero-order chi connectivity index (χ0) is 25.7. The van der Waals surface area contributed by atoms with E-state index in [0.29, 0.717) is 18.9 Å². The van der Waals surface area contributed by atoms with Gasteiger partial charge >= 0.3 is 0 Å². The lowest BCUT2D eigenvalue weighted by molar-refractivity contribution is -0.132. The maximum Gasteiger partial charge on any atom is 0.223 e. The molecule has 0 N–H and O–H groups in total. The van der Waals surface area contributed by atoms with E-state index in [1.807, 2.05) is 0 Å². The van der Waals surface area contributed by atoms with E-state index in [-0.39, 0.29) is 11.9 Å². The predicted molar refractivity (Wildman–Crippen MR) is 156 cm³/mol. The van der Waals surface area contributed by atoms with Crippen molar-refractivity contribution in [1.29, 1.82) is 0 Å². The topological polar surface area (TPSA) is 20.3 Å². The molecule has 194 valence electrons. The van der Waals surface area contributed by atoms with Crippen molar-refractivity contribution in [3.05, 3.63) is 113 Å². The fourth-order valence-electron chi connectivity index (χ4n) is 5.72. The van der Waals surface area contributed by atoms with Crippen LogP contribution in [0.4, 0.5) is 0 Å². The molecule has 0 spiro atoms. The van der Waals surface area contributed by atoms with Crippen molar-refractivity contribution in [1.82, 2.24) is 4.90 Å². The maximum atomic E-state index is 14.1. The van der Waals surface area contributed by atoms with Crippen molar-refractivity contribution in [3.63, 3.8) is 0 Å². The number of nitrogens with zero attached hydrogens (tertiary/aromatic N) is 1. The smallest absolute Gasteiger partial charge is 0.223 e. The molecule has 4 rings (SSSR count). The van der Waals surface area contributed by atoms with Crippen LogP contribution < -0.4 is 0 Å². The summed E-state index contributed by atoms with van der Waals surface area (Å²) in [6.45, 7) is 2.91. The maximum absolute atomic E-state index is 14.1. The monoisotopic (exact) mass is 493 g/mol. The highest BCUT2D eigenvalue weighted by molar-refractivity contribution is 5.78. The van der Waals surface area contributed by atoms with Crippen molar-refractivity contribution < 1.29 is 4.79 Å². The molecule has 3 aromatic carbocycles. The fraction of sp³-hybridized carbons (Fsp3) is 0.400. The second-order valence-corrected chi connectivity index (χ2v) is 10.6. The number of unbranched alkanes of at least 4 members (excludes halogenated alkanes) is 2. The fourth-order valence-corrected chi connectivity index (χ4v) is 5.72. The van der Waals surface area contributed by atoms with Gasteiger partial charge in [0.05, 0.1) is 6.04 Å². The second kappa shape index (κ2) is 14.6. The average molecular weight is 494 g/mol. The summed E-state index contributed by atoms with van der Waals surface area (Å²) in [4.78, 5) is 16.3. The number of carbonyl (C=O) groups excluding carboxylic acids is 1. The molecule has 0 atom stereocenters. The standard InChI is InChI=1S/C35H43NO/c1-2-3-7-20-31(27-30-18-8-4-9-19-30)28-36(34(37)26-25-29-16-14-15-17-29)35(32-21-10-5-11-22-32)33-23-12-6-13-24-33/h4-6,8-13,18-19,21-24,27,29,35H,2-3,7,14-17,20,25-26,28H2,1H3. The highest BCUT2D eigenvalue weighted by Crippen LogP contribution is 2.33. The number of hydrogen-bond donors (Lipinski definition) is 0. The minimum atomic E-state index is -0.0937. The first-order chi connectivity index (χ1) is 18.2. The van der Waals surface area contributed by atoms with Crippen LogP contribution in [0.25, 0.3) is 6.08 Å². The molecule has 1 aliphatic rings. The molecule has 0 heterocycles. The minimum Gasteiger partial charge on any atom is -0.328 e. The van der Waals surface area contributed by atoms with Gasteiger partial charge in [0.25, 0.3) is 0 Å². The molecule has 0 saturated heterocycles. The summed E-state index contributed by atoms with van der Waals surface area (Å²) in [6, 6.07) is 31.7. The summed E-state index contributed by atoms with van der Waals surface area (Å²) in [7, 11) is 0. The first kappa shape index (κ1) is 26.9. The third-order valence-electron chi connectivity index (χ3n) is 7.75. The minimum absolute atomic E-state index is 0.0937. The van der Waals surface area contributed by atoms with E-state index in [0.717, 1.165) is 19.3 Å². The first-order valence-electron chi connectivity index (χ1n) is 14.4. The Morgan fingerprint density at radius 1 is 0.811 bits per heavy atom. The van der Waals surface area contributed by atoms with Crippen molar-refractivity contribution in [2.24, 2.45) is 5.92 Å². The molecule has 0 aliphatic heterocycles. The summed E-state index contributed by atoms with van der Waals surface area (Å²) in [5, 5.41) is 0. The van der Waals surface area contributed by atoms with E-state index in [4.69, 9.17) is 0 Å². The predicted octanol–water partition coefficient (Wildman–Crippen LogP) is 9.24. The average Bonchev–Trinajstić information content (AvgIpc) is 3.47.